The van der Waals surface area contributed by atoms with Gasteiger partial charge in [-0.15, -0.1) is 0 Å². The molecule has 1 aliphatic rings. The summed E-state index contributed by atoms with van der Waals surface area (Å²) in [5.74, 6) is 0. The molecule has 1 unspecified atom stereocenters. The zero-order valence-electron chi connectivity index (χ0n) is 10.7. The van der Waals surface area contributed by atoms with E-state index in [0.717, 1.165) is 0 Å². The number of hydrogen-bond donors (Lipinski definition) is 2. The maximum absolute atomic E-state index is 12.8. The van der Waals surface area contributed by atoms with Crippen LogP contribution in [-0.2, 0) is 10.0 Å². The first-order valence-corrected chi connectivity index (χ1v) is 7.42. The number of H-pyrrole nitrogens is 1. The van der Waals surface area contributed by atoms with E-state index in [-0.39, 0.29) is 4.90 Å². The van der Waals surface area contributed by atoms with Crippen LogP contribution in [-0.4, -0.2) is 29.6 Å². The van der Waals surface area contributed by atoms with Gasteiger partial charge in [-0.3, -0.25) is 10.1 Å². The Morgan fingerprint density at radius 2 is 2.25 bits per heavy atom. The fourth-order valence-electron chi connectivity index (χ4n) is 2.12. The monoisotopic (exact) mass is 291 g/mol. The highest BCUT2D eigenvalue weighted by Gasteiger charge is 2.36. The Morgan fingerprint density at radius 1 is 1.45 bits per heavy atom. The van der Waals surface area contributed by atoms with E-state index in [1.165, 1.54) is 22.8 Å². The third kappa shape index (κ3) is 1.81. The number of hydrogen-bond acceptors (Lipinski definition) is 5. The fourth-order valence-corrected chi connectivity index (χ4v) is 3.82. The number of aromatic amines is 1. The first-order valence-electron chi connectivity index (χ1n) is 5.98. The zero-order chi connectivity index (χ0) is 14.3. The Hall–Kier alpha value is -2.19. The van der Waals surface area contributed by atoms with Crippen molar-refractivity contribution in [3.63, 3.8) is 0 Å². The van der Waals surface area contributed by atoms with Gasteiger partial charge < -0.3 is 5.73 Å². The molecule has 7 nitrogen and oxygen atoms in total. The number of fused-ring (bicyclic) bond motifs is 1. The molecule has 1 aliphatic heterocycles. The number of pyridine rings is 1. The number of nitrogens with two attached hydrogens (primary N) is 1. The lowest BCUT2D eigenvalue weighted by Crippen LogP contribution is -2.40. The summed E-state index contributed by atoms with van der Waals surface area (Å²) >= 11 is 0. The SMILES string of the molecule is CC(N)C1=Cc2ncccc2S(=O)(=O)N1c1cn[nH]c1. The van der Waals surface area contributed by atoms with Gasteiger partial charge >= 0.3 is 0 Å². The summed E-state index contributed by atoms with van der Waals surface area (Å²) in [5, 5.41) is 6.41. The predicted molar refractivity (Wildman–Crippen MR) is 74.1 cm³/mol. The van der Waals surface area contributed by atoms with Gasteiger partial charge in [0, 0.05) is 18.4 Å². The molecule has 0 fully saturated rings. The number of aromatic nitrogens is 3. The lowest BCUT2D eigenvalue weighted by Gasteiger charge is -2.31. The summed E-state index contributed by atoms with van der Waals surface area (Å²) in [6.07, 6.45) is 6.19. The molecule has 0 saturated heterocycles. The molecular formula is C12H13N5O2S. The highest BCUT2D eigenvalue weighted by atomic mass is 32.2. The average molecular weight is 291 g/mol. The average Bonchev–Trinajstić information content (AvgIpc) is 2.91. The predicted octanol–water partition coefficient (Wildman–Crippen LogP) is 0.702. The van der Waals surface area contributed by atoms with Crippen LogP contribution in [0.5, 0.6) is 0 Å². The van der Waals surface area contributed by atoms with Gasteiger partial charge in [0.25, 0.3) is 10.0 Å². The van der Waals surface area contributed by atoms with Gasteiger partial charge in [-0.05, 0) is 25.1 Å². The Balaban J connectivity index is 2.30. The summed E-state index contributed by atoms with van der Waals surface area (Å²) in [7, 11) is -3.74. The van der Waals surface area contributed by atoms with E-state index in [0.29, 0.717) is 17.1 Å². The highest BCUT2D eigenvalue weighted by molar-refractivity contribution is 7.93. The van der Waals surface area contributed by atoms with Crippen molar-refractivity contribution >= 4 is 21.8 Å². The van der Waals surface area contributed by atoms with Gasteiger partial charge in [-0.1, -0.05) is 0 Å². The van der Waals surface area contributed by atoms with E-state index in [1.807, 2.05) is 0 Å². The van der Waals surface area contributed by atoms with Crippen LogP contribution in [0.2, 0.25) is 0 Å². The molecule has 0 aromatic carbocycles. The van der Waals surface area contributed by atoms with Gasteiger partial charge in [0.05, 0.1) is 23.3 Å². The molecule has 20 heavy (non-hydrogen) atoms. The van der Waals surface area contributed by atoms with Crippen LogP contribution in [0.25, 0.3) is 6.08 Å². The fraction of sp³-hybridized carbons (Fsp3) is 0.167. The molecule has 0 amide bonds. The number of rotatable bonds is 2. The van der Waals surface area contributed by atoms with Crippen molar-refractivity contribution in [1.82, 2.24) is 15.2 Å². The number of nitrogens with zero attached hydrogens (tertiary/aromatic N) is 3. The van der Waals surface area contributed by atoms with Crippen molar-refractivity contribution in [3.05, 3.63) is 42.1 Å². The molecule has 0 radical (unpaired) electrons. The van der Waals surface area contributed by atoms with Gasteiger partial charge in [-0.2, -0.15) is 5.10 Å². The molecule has 3 N–H and O–H groups in total. The molecule has 0 bridgehead atoms. The van der Waals surface area contributed by atoms with Crippen LogP contribution in [0.15, 0.2) is 41.3 Å². The second kappa shape index (κ2) is 4.43. The van der Waals surface area contributed by atoms with Crippen LogP contribution >= 0.6 is 0 Å². The van der Waals surface area contributed by atoms with E-state index in [2.05, 4.69) is 15.2 Å². The first kappa shape index (κ1) is 12.8. The van der Waals surface area contributed by atoms with Crippen LogP contribution < -0.4 is 10.0 Å². The molecule has 2 aromatic rings. The standard InChI is InChI=1S/C12H13N5O2S/c1-8(13)11-5-10-12(3-2-4-14-10)20(18,19)17(11)9-6-15-16-7-9/h2-8H,13H2,1H3,(H,15,16). The molecule has 0 aliphatic carbocycles. The third-order valence-corrected chi connectivity index (χ3v) is 4.83. The Bertz CT molecular complexity index is 765. The second-order valence-corrected chi connectivity index (χ2v) is 6.23. The molecule has 2 aromatic heterocycles. The van der Waals surface area contributed by atoms with E-state index in [1.54, 1.807) is 25.3 Å². The highest BCUT2D eigenvalue weighted by Crippen LogP contribution is 2.34. The summed E-state index contributed by atoms with van der Waals surface area (Å²) in [6, 6.07) is 2.66. The molecule has 104 valence electrons. The largest absolute Gasteiger partial charge is 0.323 e. The number of nitrogens with one attached hydrogen (secondary N) is 1. The quantitative estimate of drug-likeness (QED) is 0.847. The lowest BCUT2D eigenvalue weighted by molar-refractivity contribution is 0.590. The molecule has 3 heterocycles. The Morgan fingerprint density at radius 3 is 2.90 bits per heavy atom. The van der Waals surface area contributed by atoms with Crippen molar-refractivity contribution in [2.75, 3.05) is 4.31 Å². The van der Waals surface area contributed by atoms with E-state index in [9.17, 15) is 8.42 Å². The van der Waals surface area contributed by atoms with Crippen LogP contribution in [0.4, 0.5) is 5.69 Å². The first-order chi connectivity index (χ1) is 9.51. The van der Waals surface area contributed by atoms with Crippen molar-refractivity contribution < 1.29 is 8.42 Å². The van der Waals surface area contributed by atoms with Crippen molar-refractivity contribution in [1.29, 1.82) is 0 Å². The Kier molecular flexibility index (Phi) is 2.84. The van der Waals surface area contributed by atoms with Gasteiger partial charge in [0.1, 0.15) is 4.90 Å². The summed E-state index contributed by atoms with van der Waals surface area (Å²) < 4.78 is 26.7. The van der Waals surface area contributed by atoms with Gasteiger partial charge in [0.2, 0.25) is 0 Å². The van der Waals surface area contributed by atoms with Crippen LogP contribution in [0.3, 0.4) is 0 Å². The van der Waals surface area contributed by atoms with Crippen molar-refractivity contribution in [2.45, 2.75) is 17.9 Å². The summed E-state index contributed by atoms with van der Waals surface area (Å²) in [6.45, 7) is 1.72. The van der Waals surface area contributed by atoms with Crippen molar-refractivity contribution in [3.8, 4) is 0 Å². The summed E-state index contributed by atoms with van der Waals surface area (Å²) in [4.78, 5) is 4.26. The smallest absolute Gasteiger partial charge is 0.270 e. The maximum Gasteiger partial charge on any atom is 0.270 e. The van der Waals surface area contributed by atoms with Gasteiger partial charge in [-0.25, -0.2) is 12.7 Å². The number of anilines is 1. The van der Waals surface area contributed by atoms with E-state index in [4.69, 9.17) is 5.73 Å². The molecular weight excluding hydrogens is 278 g/mol. The van der Waals surface area contributed by atoms with E-state index >= 15 is 0 Å². The lowest BCUT2D eigenvalue weighted by atomic mass is 10.2. The van der Waals surface area contributed by atoms with Crippen molar-refractivity contribution in [2.24, 2.45) is 5.73 Å². The molecule has 8 heteroatoms. The van der Waals surface area contributed by atoms with Gasteiger partial charge in [0.15, 0.2) is 0 Å². The molecule has 1 atom stereocenters. The Labute approximate surface area is 116 Å². The van der Waals surface area contributed by atoms with Crippen LogP contribution in [0.1, 0.15) is 12.6 Å². The molecule has 3 rings (SSSR count). The minimum absolute atomic E-state index is 0.158. The zero-order valence-corrected chi connectivity index (χ0v) is 11.5. The summed E-state index contributed by atoms with van der Waals surface area (Å²) in [5.41, 5.74) is 7.19. The maximum atomic E-state index is 12.8. The normalized spacial score (nSPS) is 18.3. The van der Waals surface area contributed by atoms with Crippen LogP contribution in [0, 0.1) is 0 Å². The molecule has 0 saturated carbocycles. The topological polar surface area (TPSA) is 105 Å². The third-order valence-electron chi connectivity index (χ3n) is 3.02. The molecule has 0 spiro atoms. The minimum Gasteiger partial charge on any atom is -0.323 e. The minimum atomic E-state index is -3.74. The van der Waals surface area contributed by atoms with E-state index < -0.39 is 16.1 Å². The number of sulfonamides is 1. The second-order valence-electron chi connectivity index (χ2n) is 4.47.